The van der Waals surface area contributed by atoms with Gasteiger partial charge in [0.1, 0.15) is 5.60 Å². The number of hydrogen-bond donors (Lipinski definition) is 2. The second kappa shape index (κ2) is 7.24. The molecule has 0 saturated heterocycles. The second-order valence-corrected chi connectivity index (χ2v) is 7.09. The summed E-state index contributed by atoms with van der Waals surface area (Å²) in [5, 5.41) is 11.7. The fourth-order valence-electron chi connectivity index (χ4n) is 2.20. The molecule has 0 bridgehead atoms. The highest BCUT2D eigenvalue weighted by Gasteiger charge is 2.28. The van der Waals surface area contributed by atoms with Gasteiger partial charge in [0.2, 0.25) is 0 Å². The highest BCUT2D eigenvalue weighted by molar-refractivity contribution is 6.24. The lowest BCUT2D eigenvalue weighted by molar-refractivity contribution is 0.0523. The van der Waals surface area contributed by atoms with Crippen LogP contribution in [0, 0.1) is 0 Å². The number of carbonyl (C=O) groups excluding carboxylic acids is 1. The molecule has 1 amide bonds. The third kappa shape index (κ3) is 4.98. The Kier molecular flexibility index (Phi) is 5.52. The first-order valence-corrected chi connectivity index (χ1v) is 8.09. The van der Waals surface area contributed by atoms with Crippen molar-refractivity contribution in [3.63, 3.8) is 0 Å². The van der Waals surface area contributed by atoms with Crippen LogP contribution in [0.15, 0.2) is 54.6 Å². The molecule has 0 radical (unpaired) electrons. The van der Waals surface area contributed by atoms with Crippen LogP contribution < -0.4 is 5.32 Å². The Bertz CT molecular complexity index is 693. The first-order valence-electron chi connectivity index (χ1n) is 7.71. The predicted octanol–water partition coefficient (Wildman–Crippen LogP) is 4.14. The summed E-state index contributed by atoms with van der Waals surface area (Å²) in [6.07, 6.45) is -0.489. The van der Waals surface area contributed by atoms with Crippen LogP contribution in [0.4, 0.5) is 4.79 Å². The van der Waals surface area contributed by atoms with E-state index in [1.807, 2.05) is 24.3 Å². The number of halogens is 1. The topological polar surface area (TPSA) is 58.6 Å². The number of alkyl carbamates (subject to hydrolysis) is 1. The number of rotatable bonds is 4. The van der Waals surface area contributed by atoms with Gasteiger partial charge in [0.05, 0.1) is 0 Å². The van der Waals surface area contributed by atoms with Gasteiger partial charge in [-0.2, -0.15) is 0 Å². The van der Waals surface area contributed by atoms with Crippen molar-refractivity contribution in [3.05, 3.63) is 71.3 Å². The van der Waals surface area contributed by atoms with Gasteiger partial charge in [0.15, 0.2) is 5.06 Å². The average Bonchev–Trinajstić information content (AvgIpc) is 2.52. The number of benzene rings is 2. The average molecular weight is 348 g/mol. The first kappa shape index (κ1) is 18.3. The Morgan fingerprint density at radius 2 is 1.71 bits per heavy atom. The van der Waals surface area contributed by atoms with Crippen molar-refractivity contribution in [2.24, 2.45) is 0 Å². The monoisotopic (exact) mass is 347 g/mol. The molecule has 0 spiro atoms. The summed E-state index contributed by atoms with van der Waals surface area (Å²) in [6.45, 7) is 5.70. The minimum absolute atomic E-state index is 0.282. The first-order chi connectivity index (χ1) is 11.2. The molecule has 0 heterocycles. The Morgan fingerprint density at radius 3 is 2.33 bits per heavy atom. The van der Waals surface area contributed by atoms with Gasteiger partial charge >= 0.3 is 6.09 Å². The molecule has 0 aliphatic rings. The van der Waals surface area contributed by atoms with Crippen LogP contribution in [0.3, 0.4) is 0 Å². The SMILES string of the molecule is CC(C)(C)OC(=O)NCc1cccc(C(O)(Cl)c2ccccc2)c1. The summed E-state index contributed by atoms with van der Waals surface area (Å²) >= 11 is 6.35. The van der Waals surface area contributed by atoms with E-state index in [9.17, 15) is 9.90 Å². The molecule has 0 saturated carbocycles. The maximum absolute atomic E-state index is 11.7. The number of alkyl halides is 1. The smallest absolute Gasteiger partial charge is 0.407 e. The lowest BCUT2D eigenvalue weighted by atomic mass is 9.99. The number of hydrogen-bond acceptors (Lipinski definition) is 3. The number of ether oxygens (including phenoxy) is 1. The van der Waals surface area contributed by atoms with Gasteiger partial charge in [-0.1, -0.05) is 60.1 Å². The van der Waals surface area contributed by atoms with E-state index in [-0.39, 0.29) is 6.54 Å². The third-order valence-electron chi connectivity index (χ3n) is 3.30. The maximum atomic E-state index is 11.7. The van der Waals surface area contributed by atoms with Crippen molar-refractivity contribution in [1.82, 2.24) is 5.32 Å². The van der Waals surface area contributed by atoms with Crippen LogP contribution in [-0.4, -0.2) is 16.8 Å². The Hall–Kier alpha value is -2.04. The number of carbonyl (C=O) groups is 1. The van der Waals surface area contributed by atoms with Crippen molar-refractivity contribution in [2.45, 2.75) is 38.0 Å². The number of amides is 1. The van der Waals surface area contributed by atoms with Crippen LogP contribution in [0.2, 0.25) is 0 Å². The zero-order chi connectivity index (χ0) is 17.8. The summed E-state index contributed by atoms with van der Waals surface area (Å²) < 4.78 is 5.20. The van der Waals surface area contributed by atoms with Crippen LogP contribution in [-0.2, 0) is 16.3 Å². The van der Waals surface area contributed by atoms with Gasteiger partial charge in [-0.15, -0.1) is 0 Å². The quantitative estimate of drug-likeness (QED) is 0.817. The molecule has 0 aliphatic heterocycles. The second-order valence-electron chi connectivity index (χ2n) is 6.54. The molecule has 24 heavy (non-hydrogen) atoms. The lowest BCUT2D eigenvalue weighted by Crippen LogP contribution is -2.32. The van der Waals surface area contributed by atoms with Gasteiger partial charge in [-0.3, -0.25) is 0 Å². The van der Waals surface area contributed by atoms with Crippen LogP contribution in [0.5, 0.6) is 0 Å². The molecule has 1 atom stereocenters. The predicted molar refractivity (Wildman–Crippen MR) is 94.8 cm³/mol. The molecule has 0 aromatic heterocycles. The minimum Gasteiger partial charge on any atom is -0.444 e. The fourth-order valence-corrected chi connectivity index (χ4v) is 2.44. The molecule has 2 rings (SSSR count). The molecule has 1 unspecified atom stereocenters. The van der Waals surface area contributed by atoms with E-state index in [0.717, 1.165) is 5.56 Å². The molecular weight excluding hydrogens is 326 g/mol. The number of nitrogens with one attached hydrogen (secondary N) is 1. The Labute approximate surface area is 147 Å². The molecule has 4 nitrogen and oxygen atoms in total. The zero-order valence-electron chi connectivity index (χ0n) is 14.0. The molecule has 2 aromatic carbocycles. The van der Waals surface area contributed by atoms with E-state index in [0.29, 0.717) is 11.1 Å². The minimum atomic E-state index is -1.62. The van der Waals surface area contributed by atoms with E-state index in [1.54, 1.807) is 51.1 Å². The largest absolute Gasteiger partial charge is 0.444 e. The molecular formula is C19H22ClNO3. The molecule has 5 heteroatoms. The van der Waals surface area contributed by atoms with Crippen LogP contribution in [0.1, 0.15) is 37.5 Å². The van der Waals surface area contributed by atoms with E-state index in [1.165, 1.54) is 0 Å². The molecule has 2 N–H and O–H groups in total. The van der Waals surface area contributed by atoms with E-state index < -0.39 is 16.8 Å². The van der Waals surface area contributed by atoms with Gasteiger partial charge in [-0.05, 0) is 32.4 Å². The molecule has 2 aromatic rings. The zero-order valence-corrected chi connectivity index (χ0v) is 14.8. The van der Waals surface area contributed by atoms with E-state index >= 15 is 0 Å². The van der Waals surface area contributed by atoms with Crippen molar-refractivity contribution in [3.8, 4) is 0 Å². The standard InChI is InChI=1S/C19H22ClNO3/c1-18(2,3)24-17(22)21-13-14-8-7-11-16(12-14)19(20,23)15-9-5-4-6-10-15/h4-12,23H,13H2,1-3H3,(H,21,22). The Morgan fingerprint density at radius 1 is 1.08 bits per heavy atom. The van der Waals surface area contributed by atoms with Gasteiger partial charge in [0, 0.05) is 17.7 Å². The van der Waals surface area contributed by atoms with E-state index in [4.69, 9.17) is 16.3 Å². The normalized spacial score (nSPS) is 13.9. The number of aliphatic hydroxyl groups is 1. The summed E-state index contributed by atoms with van der Waals surface area (Å²) in [4.78, 5) is 11.7. The third-order valence-corrected chi connectivity index (χ3v) is 3.74. The summed E-state index contributed by atoms with van der Waals surface area (Å²) in [5.74, 6) is 0. The van der Waals surface area contributed by atoms with Crippen molar-refractivity contribution >= 4 is 17.7 Å². The van der Waals surface area contributed by atoms with Crippen LogP contribution in [0.25, 0.3) is 0 Å². The van der Waals surface area contributed by atoms with Crippen molar-refractivity contribution < 1.29 is 14.6 Å². The van der Waals surface area contributed by atoms with Crippen molar-refractivity contribution in [2.75, 3.05) is 0 Å². The highest BCUT2D eigenvalue weighted by atomic mass is 35.5. The maximum Gasteiger partial charge on any atom is 0.407 e. The van der Waals surface area contributed by atoms with Gasteiger partial charge < -0.3 is 15.2 Å². The highest BCUT2D eigenvalue weighted by Crippen LogP contribution is 2.33. The molecule has 0 fully saturated rings. The van der Waals surface area contributed by atoms with Gasteiger partial charge in [0.25, 0.3) is 0 Å². The molecule has 128 valence electrons. The lowest BCUT2D eigenvalue weighted by Gasteiger charge is -2.23. The van der Waals surface area contributed by atoms with Crippen LogP contribution >= 0.6 is 11.6 Å². The van der Waals surface area contributed by atoms with Gasteiger partial charge in [-0.25, -0.2) is 4.79 Å². The van der Waals surface area contributed by atoms with Crippen molar-refractivity contribution in [1.29, 1.82) is 0 Å². The summed E-state index contributed by atoms with van der Waals surface area (Å²) in [6, 6.07) is 16.2. The Balaban J connectivity index is 2.10. The fraction of sp³-hybridized carbons (Fsp3) is 0.316. The summed E-state index contributed by atoms with van der Waals surface area (Å²) in [5.41, 5.74) is 1.39. The summed E-state index contributed by atoms with van der Waals surface area (Å²) in [7, 11) is 0. The molecule has 0 aliphatic carbocycles. The van der Waals surface area contributed by atoms with E-state index in [2.05, 4.69) is 5.32 Å².